The molecule has 0 aliphatic carbocycles. The van der Waals surface area contributed by atoms with Gasteiger partial charge in [0.15, 0.2) is 6.29 Å². The average molecular weight is 253 g/mol. The summed E-state index contributed by atoms with van der Waals surface area (Å²) in [6.45, 7) is 0.108. The number of terminal acetylenes is 1. The van der Waals surface area contributed by atoms with Crippen LogP contribution in [0.1, 0.15) is 18.3 Å². The maximum Gasteiger partial charge on any atom is 0.204 e. The molecule has 0 bridgehead atoms. The Labute approximate surface area is 107 Å². The van der Waals surface area contributed by atoms with Crippen molar-refractivity contribution in [1.29, 1.82) is 0 Å². The number of carbonyl (C=O) groups excluding carboxylic acids is 1. The van der Waals surface area contributed by atoms with Gasteiger partial charge in [-0.25, -0.2) is 0 Å². The Morgan fingerprint density at radius 2 is 2.00 bits per heavy atom. The Bertz CT molecular complexity index is 322. The van der Waals surface area contributed by atoms with E-state index in [0.717, 1.165) is 5.56 Å². The summed E-state index contributed by atoms with van der Waals surface area (Å²) in [4.78, 5) is 8.58. The molecule has 0 radical (unpaired) electrons. The lowest BCUT2D eigenvalue weighted by molar-refractivity contribution is -0.106. The number of rotatable bonds is 3. The number of hydrogen-bond donors (Lipinski definition) is 3. The molecule has 18 heavy (non-hydrogen) atoms. The highest BCUT2D eigenvalue weighted by molar-refractivity contribution is 5.42. The zero-order chi connectivity index (χ0) is 14.2. The van der Waals surface area contributed by atoms with E-state index in [2.05, 4.69) is 11.7 Å². The lowest BCUT2D eigenvalue weighted by atomic mass is 10.2. The standard InChI is InChI=1S/C8H10O2.C4H6O.CH3NO/c1-10-8(9)7-5-3-2-4-6-7;1-2-3-4-5;2-1-3/h2-6,8-9H,1H3;1,5H,3-4H2;1H,(H2,2,3). The van der Waals surface area contributed by atoms with Crippen LogP contribution < -0.4 is 5.73 Å². The Morgan fingerprint density at radius 1 is 1.50 bits per heavy atom. The normalized spacial score (nSPS) is 9.67. The predicted octanol–water partition coefficient (Wildman–Crippen LogP) is 0.427. The number of hydrogen-bond acceptors (Lipinski definition) is 4. The van der Waals surface area contributed by atoms with Crippen molar-refractivity contribution in [3.05, 3.63) is 35.9 Å². The molecule has 0 heterocycles. The Balaban J connectivity index is 0. The Morgan fingerprint density at radius 3 is 2.28 bits per heavy atom. The fourth-order valence-electron chi connectivity index (χ4n) is 0.818. The van der Waals surface area contributed by atoms with Gasteiger partial charge in [-0.3, -0.25) is 4.79 Å². The first-order valence-corrected chi connectivity index (χ1v) is 5.13. The van der Waals surface area contributed by atoms with E-state index in [0.29, 0.717) is 6.42 Å². The number of methoxy groups -OCH3 is 1. The molecule has 0 saturated carbocycles. The van der Waals surface area contributed by atoms with Crippen molar-refractivity contribution in [2.75, 3.05) is 13.7 Å². The number of primary amides is 1. The maximum atomic E-state index is 9.11. The number of carbonyl (C=O) groups is 1. The number of amides is 1. The van der Waals surface area contributed by atoms with Gasteiger partial charge >= 0.3 is 0 Å². The van der Waals surface area contributed by atoms with Crippen LogP contribution in [0.4, 0.5) is 0 Å². The average Bonchev–Trinajstić information content (AvgIpc) is 2.41. The first-order valence-electron chi connectivity index (χ1n) is 5.13. The van der Waals surface area contributed by atoms with Crippen LogP contribution in [-0.2, 0) is 9.53 Å². The number of benzene rings is 1. The van der Waals surface area contributed by atoms with Gasteiger partial charge in [0.05, 0.1) is 6.61 Å². The maximum absolute atomic E-state index is 9.11. The quantitative estimate of drug-likeness (QED) is 0.413. The van der Waals surface area contributed by atoms with Crippen LogP contribution in [-0.4, -0.2) is 30.3 Å². The van der Waals surface area contributed by atoms with E-state index in [1.165, 1.54) is 7.11 Å². The predicted molar refractivity (Wildman–Crippen MR) is 69.2 cm³/mol. The number of nitrogens with two attached hydrogens (primary N) is 1. The van der Waals surface area contributed by atoms with Gasteiger partial charge in [-0.05, 0) is 0 Å². The molecule has 1 amide bonds. The highest BCUT2D eigenvalue weighted by atomic mass is 16.6. The second-order valence-electron chi connectivity index (χ2n) is 2.81. The number of ether oxygens (including phenoxy) is 1. The summed E-state index contributed by atoms with van der Waals surface area (Å²) in [5.41, 5.74) is 4.95. The van der Waals surface area contributed by atoms with E-state index in [4.69, 9.17) is 26.2 Å². The Kier molecular flexibility index (Phi) is 15.5. The molecular weight excluding hydrogens is 234 g/mol. The van der Waals surface area contributed by atoms with E-state index < -0.39 is 6.29 Å². The van der Waals surface area contributed by atoms with Crippen LogP contribution in [0.15, 0.2) is 30.3 Å². The molecule has 4 N–H and O–H groups in total. The summed E-state index contributed by atoms with van der Waals surface area (Å²) in [5.74, 6) is 2.27. The zero-order valence-electron chi connectivity index (χ0n) is 10.3. The topological polar surface area (TPSA) is 92.8 Å². The van der Waals surface area contributed by atoms with Crippen LogP contribution in [0, 0.1) is 12.3 Å². The van der Waals surface area contributed by atoms with Crippen molar-refractivity contribution in [3.63, 3.8) is 0 Å². The molecule has 0 aliphatic heterocycles. The minimum Gasteiger partial charge on any atom is -0.395 e. The largest absolute Gasteiger partial charge is 0.395 e. The lowest BCUT2D eigenvalue weighted by Gasteiger charge is -2.06. The number of aliphatic hydroxyl groups excluding tert-OH is 2. The zero-order valence-corrected chi connectivity index (χ0v) is 10.3. The monoisotopic (exact) mass is 253 g/mol. The Hall–Kier alpha value is -1.87. The first-order chi connectivity index (χ1) is 8.67. The van der Waals surface area contributed by atoms with Crippen LogP contribution in [0.25, 0.3) is 0 Å². The van der Waals surface area contributed by atoms with Crippen LogP contribution in [0.2, 0.25) is 0 Å². The molecule has 5 nitrogen and oxygen atoms in total. The van der Waals surface area contributed by atoms with Gasteiger partial charge in [0.2, 0.25) is 6.41 Å². The van der Waals surface area contributed by atoms with Gasteiger partial charge in [-0.15, -0.1) is 12.3 Å². The van der Waals surface area contributed by atoms with Crippen molar-refractivity contribution in [2.24, 2.45) is 5.73 Å². The van der Waals surface area contributed by atoms with Crippen LogP contribution >= 0.6 is 0 Å². The summed E-state index contributed by atoms with van der Waals surface area (Å²) in [6, 6.07) is 9.24. The summed E-state index contributed by atoms with van der Waals surface area (Å²) in [5, 5.41) is 17.0. The van der Waals surface area contributed by atoms with Crippen molar-refractivity contribution in [3.8, 4) is 12.3 Å². The molecule has 1 rings (SSSR count). The van der Waals surface area contributed by atoms with Gasteiger partial charge in [-0.1, -0.05) is 30.3 Å². The summed E-state index contributed by atoms with van der Waals surface area (Å²) in [7, 11) is 1.47. The minimum absolute atomic E-state index is 0.108. The molecular formula is C13H19NO4. The molecule has 0 fully saturated rings. The highest BCUT2D eigenvalue weighted by Crippen LogP contribution is 2.10. The third kappa shape index (κ3) is 12.2. The fourth-order valence-corrected chi connectivity index (χ4v) is 0.818. The van der Waals surface area contributed by atoms with E-state index in [1.807, 2.05) is 30.3 Å². The van der Waals surface area contributed by atoms with Gasteiger partial charge in [0, 0.05) is 19.1 Å². The van der Waals surface area contributed by atoms with E-state index in [-0.39, 0.29) is 13.0 Å². The lowest BCUT2D eigenvalue weighted by Crippen LogP contribution is -1.97. The molecule has 0 aliphatic rings. The second kappa shape index (κ2) is 15.1. The summed E-state index contributed by atoms with van der Waals surface area (Å²) < 4.78 is 4.69. The van der Waals surface area contributed by atoms with Gasteiger partial charge < -0.3 is 20.7 Å². The molecule has 1 aromatic carbocycles. The smallest absolute Gasteiger partial charge is 0.204 e. The molecule has 100 valence electrons. The second-order valence-corrected chi connectivity index (χ2v) is 2.81. The SMILES string of the molecule is C#CCCO.COC(O)c1ccccc1.NC=O. The third-order valence-corrected chi connectivity index (χ3v) is 1.56. The van der Waals surface area contributed by atoms with Crippen molar-refractivity contribution >= 4 is 6.41 Å². The van der Waals surface area contributed by atoms with E-state index >= 15 is 0 Å². The van der Waals surface area contributed by atoms with Crippen molar-refractivity contribution < 1.29 is 19.7 Å². The van der Waals surface area contributed by atoms with Crippen molar-refractivity contribution in [2.45, 2.75) is 12.7 Å². The molecule has 1 aromatic rings. The van der Waals surface area contributed by atoms with E-state index in [9.17, 15) is 0 Å². The summed E-state index contributed by atoms with van der Waals surface area (Å²) >= 11 is 0. The number of aliphatic hydroxyl groups is 2. The highest BCUT2D eigenvalue weighted by Gasteiger charge is 2.01. The first kappa shape index (κ1) is 18.5. The molecule has 0 spiro atoms. The van der Waals surface area contributed by atoms with Gasteiger partial charge in [-0.2, -0.15) is 0 Å². The molecule has 0 aromatic heterocycles. The third-order valence-electron chi connectivity index (χ3n) is 1.56. The summed E-state index contributed by atoms with van der Waals surface area (Å²) in [6.07, 6.45) is 4.66. The van der Waals surface area contributed by atoms with Crippen molar-refractivity contribution in [1.82, 2.24) is 0 Å². The molecule has 1 unspecified atom stereocenters. The van der Waals surface area contributed by atoms with Crippen LogP contribution in [0.5, 0.6) is 0 Å². The fraction of sp³-hybridized carbons (Fsp3) is 0.308. The van der Waals surface area contributed by atoms with Gasteiger partial charge in [0.1, 0.15) is 0 Å². The molecule has 1 atom stereocenters. The molecule has 5 heteroatoms. The molecule has 0 saturated heterocycles. The van der Waals surface area contributed by atoms with Gasteiger partial charge in [0.25, 0.3) is 0 Å². The van der Waals surface area contributed by atoms with Crippen LogP contribution in [0.3, 0.4) is 0 Å². The minimum atomic E-state index is -0.791. The van der Waals surface area contributed by atoms with E-state index in [1.54, 1.807) is 0 Å².